The largest absolute Gasteiger partial charge is 0.490 e. The summed E-state index contributed by atoms with van der Waals surface area (Å²) in [6.45, 7) is 5.47. The monoisotopic (exact) mass is 540 g/mol. The van der Waals surface area contributed by atoms with Crippen LogP contribution in [0.5, 0.6) is 0 Å². The topological polar surface area (TPSA) is 114 Å². The number of nitrogens with one attached hydrogen (secondary N) is 1. The van der Waals surface area contributed by atoms with Gasteiger partial charge in [-0.15, -0.1) is 5.92 Å². The molecule has 3 heterocycles. The number of aryl methyl sites for hydroxylation is 1. The van der Waals surface area contributed by atoms with Gasteiger partial charge in [-0.05, 0) is 24.6 Å². The van der Waals surface area contributed by atoms with E-state index in [2.05, 4.69) is 22.1 Å². The Labute approximate surface area is 213 Å². The second-order valence-electron chi connectivity index (χ2n) is 8.00. The first-order valence-corrected chi connectivity index (χ1v) is 11.4. The molecule has 198 valence electrons. The average molecular weight is 541 g/mol. The number of carboxylic acid groups (broad SMARTS) is 1. The number of benzene rings is 1. The first-order valence-electron chi connectivity index (χ1n) is 11.1. The van der Waals surface area contributed by atoms with E-state index in [1.54, 1.807) is 26.1 Å². The van der Waals surface area contributed by atoms with Crippen LogP contribution in [-0.2, 0) is 24.9 Å². The number of piperazine rings is 1. The van der Waals surface area contributed by atoms with Gasteiger partial charge in [-0.3, -0.25) is 18.5 Å². The molecule has 1 aliphatic rings. The van der Waals surface area contributed by atoms with Crippen LogP contribution in [-0.4, -0.2) is 62.1 Å². The van der Waals surface area contributed by atoms with Crippen LogP contribution in [0, 0.1) is 11.8 Å². The lowest BCUT2D eigenvalue weighted by atomic mass is 10.2. The van der Waals surface area contributed by atoms with Crippen LogP contribution in [0.1, 0.15) is 12.5 Å². The minimum Gasteiger partial charge on any atom is -0.475 e. The molecule has 37 heavy (non-hydrogen) atoms. The van der Waals surface area contributed by atoms with Crippen molar-refractivity contribution in [1.82, 2.24) is 24.0 Å². The number of carbonyl (C=O) groups is 1. The number of hydrogen-bond donors (Lipinski definition) is 2. The van der Waals surface area contributed by atoms with Crippen molar-refractivity contribution < 1.29 is 23.1 Å². The van der Waals surface area contributed by atoms with Crippen LogP contribution in [0.25, 0.3) is 11.2 Å². The standard InChI is InChI=1S/C21H23ClN6O2.C2HF3O2/c1-3-4-11-27-17-18(24-20(27)26-12-9-23-10-13-26)25(2)21(30)28(19(17)29)14-15-5-7-16(22)8-6-15;3-2(4,5)1(6)7/h5-8,23H,9-14H2,1-2H3;(H,6,7). The number of rotatable bonds is 4. The average Bonchev–Trinajstić information content (AvgIpc) is 3.25. The van der Waals surface area contributed by atoms with E-state index in [-0.39, 0.29) is 12.1 Å². The molecule has 0 aliphatic carbocycles. The molecule has 0 radical (unpaired) electrons. The summed E-state index contributed by atoms with van der Waals surface area (Å²) in [5.41, 5.74) is 0.821. The summed E-state index contributed by atoms with van der Waals surface area (Å²) in [5, 5.41) is 11.0. The predicted molar refractivity (Wildman–Crippen MR) is 132 cm³/mol. The number of aromatic nitrogens is 4. The van der Waals surface area contributed by atoms with Crippen LogP contribution in [0.4, 0.5) is 19.1 Å². The van der Waals surface area contributed by atoms with E-state index < -0.39 is 17.8 Å². The van der Waals surface area contributed by atoms with Gasteiger partial charge in [0.05, 0.1) is 13.1 Å². The van der Waals surface area contributed by atoms with Gasteiger partial charge in [-0.25, -0.2) is 9.59 Å². The molecule has 14 heteroatoms. The molecule has 1 fully saturated rings. The van der Waals surface area contributed by atoms with Crippen molar-refractivity contribution in [3.63, 3.8) is 0 Å². The number of halogens is 4. The maximum Gasteiger partial charge on any atom is 0.490 e. The van der Waals surface area contributed by atoms with Crippen LogP contribution < -0.4 is 21.5 Å². The first-order chi connectivity index (χ1) is 17.5. The molecule has 2 aromatic heterocycles. The minimum absolute atomic E-state index is 0.159. The van der Waals surface area contributed by atoms with Gasteiger partial charge in [0.1, 0.15) is 0 Å². The van der Waals surface area contributed by atoms with E-state index >= 15 is 0 Å². The van der Waals surface area contributed by atoms with E-state index in [1.807, 2.05) is 16.7 Å². The fourth-order valence-corrected chi connectivity index (χ4v) is 3.81. The zero-order chi connectivity index (χ0) is 27.3. The first kappa shape index (κ1) is 27.8. The van der Waals surface area contributed by atoms with Crippen LogP contribution in [0.3, 0.4) is 0 Å². The lowest BCUT2D eigenvalue weighted by Gasteiger charge is -2.28. The number of alkyl halides is 3. The third-order valence-corrected chi connectivity index (χ3v) is 5.77. The van der Waals surface area contributed by atoms with Gasteiger partial charge in [-0.1, -0.05) is 29.7 Å². The Morgan fingerprint density at radius 3 is 2.30 bits per heavy atom. The van der Waals surface area contributed by atoms with Gasteiger partial charge < -0.3 is 15.3 Å². The van der Waals surface area contributed by atoms with Gasteiger partial charge >= 0.3 is 17.8 Å². The summed E-state index contributed by atoms with van der Waals surface area (Å²) < 4.78 is 36.2. The highest BCUT2D eigenvalue weighted by Gasteiger charge is 2.38. The lowest BCUT2D eigenvalue weighted by molar-refractivity contribution is -0.192. The van der Waals surface area contributed by atoms with Crippen LogP contribution in [0.15, 0.2) is 33.9 Å². The Morgan fingerprint density at radius 1 is 1.16 bits per heavy atom. The fraction of sp³-hybridized carbons (Fsp3) is 0.391. The molecule has 3 aromatic rings. The van der Waals surface area contributed by atoms with Crippen LogP contribution >= 0.6 is 11.6 Å². The minimum atomic E-state index is -5.08. The van der Waals surface area contributed by atoms with Gasteiger partial charge in [0.2, 0.25) is 5.95 Å². The predicted octanol–water partition coefficient (Wildman–Crippen LogP) is 1.66. The smallest absolute Gasteiger partial charge is 0.475 e. The molecule has 2 N–H and O–H groups in total. The highest BCUT2D eigenvalue weighted by molar-refractivity contribution is 6.30. The Hall–Kier alpha value is -3.76. The molecule has 0 amide bonds. The van der Waals surface area contributed by atoms with Gasteiger partial charge in [0, 0.05) is 38.2 Å². The molecular formula is C23H24ClF3N6O4. The summed E-state index contributed by atoms with van der Waals surface area (Å²) in [5.74, 6) is 3.84. The SMILES string of the molecule is CC#CCn1c(N2CCNCC2)nc2c1c(=O)n(Cc1ccc(Cl)cc1)c(=O)n2C.O=C(O)C(F)(F)F. The highest BCUT2D eigenvalue weighted by Crippen LogP contribution is 2.20. The molecular weight excluding hydrogens is 517 g/mol. The zero-order valence-corrected chi connectivity index (χ0v) is 20.7. The quantitative estimate of drug-likeness (QED) is 0.484. The van der Waals surface area contributed by atoms with Gasteiger partial charge in [-0.2, -0.15) is 18.2 Å². The summed E-state index contributed by atoms with van der Waals surface area (Å²) in [7, 11) is 1.65. The highest BCUT2D eigenvalue weighted by atomic mass is 35.5. The number of aliphatic carboxylic acids is 1. The fourth-order valence-electron chi connectivity index (χ4n) is 3.69. The Kier molecular flexibility index (Phi) is 8.67. The van der Waals surface area contributed by atoms with Crippen LogP contribution in [0.2, 0.25) is 5.02 Å². The number of carboxylic acids is 1. The maximum atomic E-state index is 13.4. The molecule has 0 saturated carbocycles. The third-order valence-electron chi connectivity index (χ3n) is 5.52. The van der Waals surface area contributed by atoms with Crippen molar-refractivity contribution in [2.24, 2.45) is 7.05 Å². The van der Waals surface area contributed by atoms with Crippen molar-refractivity contribution in [1.29, 1.82) is 0 Å². The van der Waals surface area contributed by atoms with Crippen molar-refractivity contribution in [2.45, 2.75) is 26.2 Å². The van der Waals surface area contributed by atoms with Crippen molar-refractivity contribution in [2.75, 3.05) is 31.1 Å². The van der Waals surface area contributed by atoms with E-state index in [4.69, 9.17) is 26.5 Å². The van der Waals surface area contributed by atoms with Gasteiger partial charge in [0.15, 0.2) is 11.2 Å². The normalized spacial score (nSPS) is 13.5. The summed E-state index contributed by atoms with van der Waals surface area (Å²) >= 11 is 5.96. The molecule has 1 saturated heterocycles. The molecule has 1 aromatic carbocycles. The van der Waals surface area contributed by atoms with Crippen molar-refractivity contribution >= 4 is 34.7 Å². The summed E-state index contributed by atoms with van der Waals surface area (Å²) in [6, 6.07) is 7.11. The number of anilines is 1. The van der Waals surface area contributed by atoms with E-state index in [1.165, 1.54) is 9.13 Å². The molecule has 0 bridgehead atoms. The molecule has 0 spiro atoms. The molecule has 4 rings (SSSR count). The van der Waals surface area contributed by atoms with Crippen molar-refractivity contribution in [3.05, 3.63) is 55.7 Å². The van der Waals surface area contributed by atoms with E-state index in [9.17, 15) is 22.8 Å². The molecule has 0 unspecified atom stereocenters. The third kappa shape index (κ3) is 6.33. The Balaban J connectivity index is 0.000000479. The Bertz CT molecular complexity index is 1460. The van der Waals surface area contributed by atoms with Crippen molar-refractivity contribution in [3.8, 4) is 11.8 Å². The second-order valence-corrected chi connectivity index (χ2v) is 8.43. The molecule has 1 aliphatic heterocycles. The number of imidazole rings is 1. The van der Waals surface area contributed by atoms with E-state index in [0.29, 0.717) is 28.7 Å². The Morgan fingerprint density at radius 2 is 1.76 bits per heavy atom. The lowest BCUT2D eigenvalue weighted by Crippen LogP contribution is -2.44. The van der Waals surface area contributed by atoms with E-state index in [0.717, 1.165) is 31.7 Å². The number of fused-ring (bicyclic) bond motifs is 1. The zero-order valence-electron chi connectivity index (χ0n) is 20.0. The second kappa shape index (κ2) is 11.5. The number of nitrogens with zero attached hydrogens (tertiary/aromatic N) is 5. The summed E-state index contributed by atoms with van der Waals surface area (Å²) in [4.78, 5) is 42.1. The molecule has 0 atom stereocenters. The summed E-state index contributed by atoms with van der Waals surface area (Å²) in [6.07, 6.45) is -5.08. The maximum absolute atomic E-state index is 13.4. The molecule has 10 nitrogen and oxygen atoms in total. The number of hydrogen-bond acceptors (Lipinski definition) is 6. The van der Waals surface area contributed by atoms with Gasteiger partial charge in [0.25, 0.3) is 5.56 Å².